The highest BCUT2D eigenvalue weighted by atomic mass is 16.5. The molecular formula is C14H19NO4. The van der Waals surface area contributed by atoms with Crippen LogP contribution in [0.5, 0.6) is 11.5 Å². The van der Waals surface area contributed by atoms with E-state index in [1.54, 1.807) is 11.0 Å². The summed E-state index contributed by atoms with van der Waals surface area (Å²) in [5.74, 6) is 1.39. The Bertz CT molecular complexity index is 416. The molecule has 0 unspecified atom stereocenters. The molecule has 104 valence electrons. The highest BCUT2D eigenvalue weighted by Gasteiger charge is 2.17. The van der Waals surface area contributed by atoms with Crippen LogP contribution < -0.4 is 9.47 Å². The van der Waals surface area contributed by atoms with Gasteiger partial charge in [0.15, 0.2) is 6.61 Å². The minimum Gasteiger partial charge on any atom is -0.494 e. The topological polar surface area (TPSA) is 48.0 Å². The Morgan fingerprint density at radius 3 is 2.63 bits per heavy atom. The van der Waals surface area contributed by atoms with E-state index < -0.39 is 0 Å². The second-order valence-electron chi connectivity index (χ2n) is 4.19. The number of carbonyl (C=O) groups excluding carboxylic acids is 1. The highest BCUT2D eigenvalue weighted by molar-refractivity contribution is 5.77. The van der Waals surface area contributed by atoms with E-state index >= 15 is 0 Å². The molecule has 1 aliphatic heterocycles. The molecule has 1 amide bonds. The highest BCUT2D eigenvalue weighted by Crippen LogP contribution is 2.19. The lowest BCUT2D eigenvalue weighted by Gasteiger charge is -2.26. The molecule has 0 spiro atoms. The van der Waals surface area contributed by atoms with E-state index in [1.807, 2.05) is 25.1 Å². The van der Waals surface area contributed by atoms with E-state index in [1.165, 1.54) is 0 Å². The molecule has 0 N–H and O–H groups in total. The van der Waals surface area contributed by atoms with Crippen molar-refractivity contribution in [1.82, 2.24) is 4.90 Å². The van der Waals surface area contributed by atoms with Crippen LogP contribution in [-0.2, 0) is 9.53 Å². The summed E-state index contributed by atoms with van der Waals surface area (Å²) in [6.07, 6.45) is 0. The van der Waals surface area contributed by atoms with E-state index in [-0.39, 0.29) is 12.5 Å². The van der Waals surface area contributed by atoms with Crippen molar-refractivity contribution in [3.05, 3.63) is 24.3 Å². The maximum atomic E-state index is 11.9. The second-order valence-corrected chi connectivity index (χ2v) is 4.19. The average molecular weight is 265 g/mol. The molecule has 5 heteroatoms. The third-order valence-electron chi connectivity index (χ3n) is 2.84. The molecule has 1 aliphatic rings. The molecule has 1 aromatic carbocycles. The third-order valence-corrected chi connectivity index (χ3v) is 2.84. The maximum Gasteiger partial charge on any atom is 0.260 e. The molecule has 19 heavy (non-hydrogen) atoms. The molecule has 1 saturated heterocycles. The second kappa shape index (κ2) is 6.99. The monoisotopic (exact) mass is 265 g/mol. The zero-order valence-corrected chi connectivity index (χ0v) is 11.1. The average Bonchev–Trinajstić information content (AvgIpc) is 2.46. The first kappa shape index (κ1) is 13.7. The predicted molar refractivity (Wildman–Crippen MR) is 70.5 cm³/mol. The van der Waals surface area contributed by atoms with Crippen molar-refractivity contribution in [2.24, 2.45) is 0 Å². The molecule has 1 fully saturated rings. The Morgan fingerprint density at radius 2 is 1.95 bits per heavy atom. The fraction of sp³-hybridized carbons (Fsp3) is 0.500. The van der Waals surface area contributed by atoms with Crippen LogP contribution in [0, 0.1) is 0 Å². The first-order chi connectivity index (χ1) is 9.29. The summed E-state index contributed by atoms with van der Waals surface area (Å²) in [6, 6.07) is 7.31. The van der Waals surface area contributed by atoms with Crippen LogP contribution in [0.25, 0.3) is 0 Å². The van der Waals surface area contributed by atoms with Gasteiger partial charge in [0.25, 0.3) is 5.91 Å². The predicted octanol–water partition coefficient (Wildman–Crippen LogP) is 1.32. The van der Waals surface area contributed by atoms with Gasteiger partial charge in [-0.2, -0.15) is 0 Å². The summed E-state index contributed by atoms with van der Waals surface area (Å²) >= 11 is 0. The Hall–Kier alpha value is -1.75. The van der Waals surface area contributed by atoms with Gasteiger partial charge in [0, 0.05) is 19.2 Å². The van der Waals surface area contributed by atoms with Crippen molar-refractivity contribution in [1.29, 1.82) is 0 Å². The summed E-state index contributed by atoms with van der Waals surface area (Å²) in [5, 5.41) is 0. The molecule has 0 bridgehead atoms. The summed E-state index contributed by atoms with van der Waals surface area (Å²) < 4.78 is 16.1. The number of amides is 1. The zero-order valence-electron chi connectivity index (χ0n) is 11.1. The summed E-state index contributed by atoms with van der Waals surface area (Å²) in [7, 11) is 0. The molecule has 1 aromatic rings. The normalized spacial score (nSPS) is 15.1. The Labute approximate surface area is 113 Å². The number of hydrogen-bond acceptors (Lipinski definition) is 4. The summed E-state index contributed by atoms with van der Waals surface area (Å²) in [4.78, 5) is 13.7. The van der Waals surface area contributed by atoms with E-state index in [9.17, 15) is 4.79 Å². The smallest absolute Gasteiger partial charge is 0.260 e. The molecule has 0 aliphatic carbocycles. The fourth-order valence-electron chi connectivity index (χ4n) is 1.87. The summed E-state index contributed by atoms with van der Waals surface area (Å²) in [5.41, 5.74) is 0. The molecule has 2 rings (SSSR count). The number of carbonyl (C=O) groups is 1. The van der Waals surface area contributed by atoms with E-state index in [0.29, 0.717) is 38.7 Å². The molecule has 0 radical (unpaired) electrons. The van der Waals surface area contributed by atoms with E-state index in [2.05, 4.69) is 0 Å². The van der Waals surface area contributed by atoms with E-state index in [4.69, 9.17) is 14.2 Å². The fourth-order valence-corrected chi connectivity index (χ4v) is 1.87. The molecular weight excluding hydrogens is 246 g/mol. The number of ether oxygens (including phenoxy) is 3. The van der Waals surface area contributed by atoms with Gasteiger partial charge in [0.2, 0.25) is 0 Å². The molecule has 0 aromatic heterocycles. The van der Waals surface area contributed by atoms with Gasteiger partial charge in [-0.25, -0.2) is 0 Å². The van der Waals surface area contributed by atoms with Crippen LogP contribution in [-0.4, -0.2) is 50.3 Å². The molecule has 5 nitrogen and oxygen atoms in total. The Morgan fingerprint density at radius 1 is 1.26 bits per heavy atom. The third kappa shape index (κ3) is 4.13. The van der Waals surface area contributed by atoms with Gasteiger partial charge in [-0.3, -0.25) is 4.79 Å². The SMILES string of the molecule is CCOc1cccc(OCC(=O)N2CCOCC2)c1. The van der Waals surface area contributed by atoms with Gasteiger partial charge in [-0.1, -0.05) is 6.07 Å². The van der Waals surface area contributed by atoms with E-state index in [0.717, 1.165) is 5.75 Å². The lowest BCUT2D eigenvalue weighted by molar-refractivity contribution is -0.137. The number of morpholine rings is 1. The van der Waals surface area contributed by atoms with Gasteiger partial charge in [-0.15, -0.1) is 0 Å². The largest absolute Gasteiger partial charge is 0.494 e. The van der Waals surface area contributed by atoms with Gasteiger partial charge in [-0.05, 0) is 19.1 Å². The number of rotatable bonds is 5. The number of benzene rings is 1. The van der Waals surface area contributed by atoms with Crippen LogP contribution in [0.2, 0.25) is 0 Å². The minimum absolute atomic E-state index is 0.00915. The molecule has 0 atom stereocenters. The Kier molecular flexibility index (Phi) is 5.03. The Balaban J connectivity index is 1.83. The van der Waals surface area contributed by atoms with Gasteiger partial charge in [0.1, 0.15) is 11.5 Å². The number of hydrogen-bond donors (Lipinski definition) is 0. The lowest BCUT2D eigenvalue weighted by Crippen LogP contribution is -2.42. The summed E-state index contributed by atoms with van der Waals surface area (Å²) in [6.45, 7) is 5.07. The van der Waals surface area contributed by atoms with Crippen molar-refractivity contribution in [3.8, 4) is 11.5 Å². The van der Waals surface area contributed by atoms with Crippen LogP contribution >= 0.6 is 0 Å². The van der Waals surface area contributed by atoms with Gasteiger partial charge in [0.05, 0.1) is 19.8 Å². The van der Waals surface area contributed by atoms with Crippen molar-refractivity contribution in [3.63, 3.8) is 0 Å². The quantitative estimate of drug-likeness (QED) is 0.805. The molecule has 0 saturated carbocycles. The zero-order chi connectivity index (χ0) is 13.5. The molecule has 1 heterocycles. The number of nitrogens with zero attached hydrogens (tertiary/aromatic N) is 1. The van der Waals surface area contributed by atoms with Crippen molar-refractivity contribution >= 4 is 5.91 Å². The van der Waals surface area contributed by atoms with Crippen LogP contribution in [0.4, 0.5) is 0 Å². The maximum absolute atomic E-state index is 11.9. The van der Waals surface area contributed by atoms with Crippen LogP contribution in [0.15, 0.2) is 24.3 Å². The van der Waals surface area contributed by atoms with Gasteiger partial charge < -0.3 is 19.1 Å². The van der Waals surface area contributed by atoms with Crippen molar-refractivity contribution < 1.29 is 19.0 Å². The van der Waals surface area contributed by atoms with Crippen LogP contribution in [0.1, 0.15) is 6.92 Å². The lowest BCUT2D eigenvalue weighted by atomic mass is 10.3. The van der Waals surface area contributed by atoms with Crippen molar-refractivity contribution in [2.45, 2.75) is 6.92 Å². The minimum atomic E-state index is -0.00915. The first-order valence-electron chi connectivity index (χ1n) is 6.51. The first-order valence-corrected chi connectivity index (χ1v) is 6.51. The van der Waals surface area contributed by atoms with Crippen LogP contribution in [0.3, 0.4) is 0 Å². The van der Waals surface area contributed by atoms with Crippen molar-refractivity contribution in [2.75, 3.05) is 39.5 Å². The standard InChI is InChI=1S/C14H19NO4/c1-2-18-12-4-3-5-13(10-12)19-11-14(16)15-6-8-17-9-7-15/h3-5,10H,2,6-9,11H2,1H3. The van der Waals surface area contributed by atoms with Gasteiger partial charge >= 0.3 is 0 Å².